The number of benzene rings is 1. The number of carbonyl (C=O) groups excluding carboxylic acids is 2. The molecule has 2 aromatic rings. The van der Waals surface area contributed by atoms with E-state index < -0.39 is 0 Å². The number of piperidine rings is 1. The van der Waals surface area contributed by atoms with Gasteiger partial charge in [0.25, 0.3) is 5.91 Å². The van der Waals surface area contributed by atoms with Crippen LogP contribution in [0.4, 0.5) is 4.39 Å². The lowest BCUT2D eigenvalue weighted by Crippen LogP contribution is -2.40. The minimum atomic E-state index is -0.362. The monoisotopic (exact) mass is 319 g/mol. The number of amides is 1. The van der Waals surface area contributed by atoms with Crippen molar-refractivity contribution in [2.24, 2.45) is 5.92 Å². The molecule has 0 N–H and O–H groups in total. The van der Waals surface area contributed by atoms with Gasteiger partial charge in [-0.05, 0) is 38.0 Å². The fourth-order valence-corrected chi connectivity index (χ4v) is 3.03. The highest BCUT2D eigenvalue weighted by molar-refractivity contribution is 5.99. The molecule has 0 unspecified atom stereocenters. The van der Waals surface area contributed by atoms with Crippen LogP contribution < -0.4 is 0 Å². The van der Waals surface area contributed by atoms with E-state index in [4.69, 9.17) is 9.15 Å². The minimum absolute atomic E-state index is 0.157. The van der Waals surface area contributed by atoms with E-state index in [0.29, 0.717) is 42.5 Å². The first-order valence-corrected chi connectivity index (χ1v) is 7.57. The number of esters is 1. The molecular weight excluding hydrogens is 301 g/mol. The lowest BCUT2D eigenvalue weighted by Gasteiger charge is -2.30. The Morgan fingerprint density at radius 3 is 2.65 bits per heavy atom. The van der Waals surface area contributed by atoms with Crippen LogP contribution in [-0.4, -0.2) is 37.0 Å². The third kappa shape index (κ3) is 2.81. The number of halogens is 1. The van der Waals surface area contributed by atoms with Gasteiger partial charge in [0.05, 0.1) is 13.0 Å². The van der Waals surface area contributed by atoms with Gasteiger partial charge in [-0.2, -0.15) is 0 Å². The highest BCUT2D eigenvalue weighted by atomic mass is 19.1. The number of furan rings is 1. The molecule has 1 aromatic carbocycles. The summed E-state index contributed by atoms with van der Waals surface area (Å²) in [5, 5.41) is 0.609. The fraction of sp³-hybridized carbons (Fsp3) is 0.412. The SMILES string of the molecule is COC(=O)C1CCN(C(=O)c2oc3ccc(F)cc3c2C)CC1. The van der Waals surface area contributed by atoms with Gasteiger partial charge >= 0.3 is 5.97 Å². The number of fused-ring (bicyclic) bond motifs is 1. The molecule has 0 spiro atoms. The topological polar surface area (TPSA) is 59.8 Å². The number of hydrogen-bond donors (Lipinski definition) is 0. The molecule has 1 aromatic heterocycles. The number of aryl methyl sites for hydroxylation is 1. The second-order valence-electron chi connectivity index (χ2n) is 5.79. The highest BCUT2D eigenvalue weighted by Gasteiger charge is 2.30. The molecule has 1 saturated heterocycles. The van der Waals surface area contributed by atoms with Gasteiger partial charge in [-0.25, -0.2) is 4.39 Å². The molecule has 6 heteroatoms. The number of rotatable bonds is 2. The largest absolute Gasteiger partial charge is 0.469 e. The van der Waals surface area contributed by atoms with Crippen LogP contribution in [0.15, 0.2) is 22.6 Å². The average molecular weight is 319 g/mol. The Balaban J connectivity index is 1.79. The maximum atomic E-state index is 13.4. The normalized spacial score (nSPS) is 15.9. The van der Waals surface area contributed by atoms with Crippen LogP contribution in [0.25, 0.3) is 11.0 Å². The van der Waals surface area contributed by atoms with Crippen molar-refractivity contribution in [3.8, 4) is 0 Å². The number of methoxy groups -OCH3 is 1. The molecule has 5 nitrogen and oxygen atoms in total. The number of likely N-dealkylation sites (tertiary alicyclic amines) is 1. The lowest BCUT2D eigenvalue weighted by atomic mass is 9.96. The van der Waals surface area contributed by atoms with Crippen molar-refractivity contribution in [2.75, 3.05) is 20.2 Å². The van der Waals surface area contributed by atoms with Crippen molar-refractivity contribution in [1.82, 2.24) is 4.90 Å². The first-order valence-electron chi connectivity index (χ1n) is 7.57. The zero-order valence-corrected chi connectivity index (χ0v) is 13.1. The molecule has 23 heavy (non-hydrogen) atoms. The van der Waals surface area contributed by atoms with E-state index in [1.54, 1.807) is 11.8 Å². The van der Waals surface area contributed by atoms with E-state index in [1.165, 1.54) is 25.3 Å². The Labute approximate surface area is 133 Å². The minimum Gasteiger partial charge on any atom is -0.469 e. The smallest absolute Gasteiger partial charge is 0.308 e. The molecule has 1 fully saturated rings. The van der Waals surface area contributed by atoms with Crippen LogP contribution >= 0.6 is 0 Å². The second kappa shape index (κ2) is 6.02. The summed E-state index contributed by atoms with van der Waals surface area (Å²) in [7, 11) is 1.37. The zero-order valence-electron chi connectivity index (χ0n) is 13.1. The third-order valence-electron chi connectivity index (χ3n) is 4.41. The standard InChI is InChI=1S/C17H18FNO4/c1-10-13-9-12(18)3-4-14(13)23-15(10)16(20)19-7-5-11(6-8-19)17(21)22-2/h3-4,9,11H,5-8H2,1-2H3. The van der Waals surface area contributed by atoms with Gasteiger partial charge in [-0.3, -0.25) is 9.59 Å². The maximum Gasteiger partial charge on any atom is 0.308 e. The van der Waals surface area contributed by atoms with E-state index >= 15 is 0 Å². The van der Waals surface area contributed by atoms with Crippen molar-refractivity contribution >= 4 is 22.8 Å². The predicted octanol–water partition coefficient (Wildman–Crippen LogP) is 2.91. The predicted molar refractivity (Wildman–Crippen MR) is 81.6 cm³/mol. The second-order valence-corrected chi connectivity index (χ2v) is 5.79. The van der Waals surface area contributed by atoms with Crippen LogP contribution in [0.1, 0.15) is 29.0 Å². The summed E-state index contributed by atoms with van der Waals surface area (Å²) >= 11 is 0. The highest BCUT2D eigenvalue weighted by Crippen LogP contribution is 2.28. The Kier molecular flexibility index (Phi) is 4.07. The van der Waals surface area contributed by atoms with Gasteiger partial charge in [0, 0.05) is 24.0 Å². The van der Waals surface area contributed by atoms with Gasteiger partial charge in [0.15, 0.2) is 5.76 Å². The van der Waals surface area contributed by atoms with Gasteiger partial charge < -0.3 is 14.1 Å². The van der Waals surface area contributed by atoms with E-state index in [1.807, 2.05) is 0 Å². The summed E-state index contributed by atoms with van der Waals surface area (Å²) in [5.41, 5.74) is 1.14. The summed E-state index contributed by atoms with van der Waals surface area (Å²) in [5.74, 6) is -0.730. The molecule has 3 rings (SSSR count). The molecule has 122 valence electrons. The van der Waals surface area contributed by atoms with Crippen molar-refractivity contribution in [2.45, 2.75) is 19.8 Å². The molecule has 0 bridgehead atoms. The van der Waals surface area contributed by atoms with E-state index in [2.05, 4.69) is 0 Å². The van der Waals surface area contributed by atoms with Gasteiger partial charge in [-0.15, -0.1) is 0 Å². The maximum absolute atomic E-state index is 13.4. The molecular formula is C17H18FNO4. The molecule has 0 atom stereocenters. The zero-order chi connectivity index (χ0) is 16.6. The number of carbonyl (C=O) groups is 2. The Bertz CT molecular complexity index is 759. The molecule has 0 aliphatic carbocycles. The van der Waals surface area contributed by atoms with Crippen LogP contribution in [-0.2, 0) is 9.53 Å². The first kappa shape index (κ1) is 15.5. The van der Waals surface area contributed by atoms with E-state index in [9.17, 15) is 14.0 Å². The van der Waals surface area contributed by atoms with Crippen molar-refractivity contribution in [3.63, 3.8) is 0 Å². The van der Waals surface area contributed by atoms with Crippen LogP contribution in [0.3, 0.4) is 0 Å². The van der Waals surface area contributed by atoms with E-state index in [0.717, 1.165) is 0 Å². The third-order valence-corrected chi connectivity index (χ3v) is 4.41. The molecule has 1 aliphatic heterocycles. The van der Waals surface area contributed by atoms with Gasteiger partial charge in [0.1, 0.15) is 11.4 Å². The first-order chi connectivity index (χ1) is 11.0. The van der Waals surface area contributed by atoms with Crippen LogP contribution in [0.5, 0.6) is 0 Å². The summed E-state index contributed by atoms with van der Waals surface area (Å²) in [4.78, 5) is 25.8. The average Bonchev–Trinajstić information content (AvgIpc) is 2.90. The number of ether oxygens (including phenoxy) is 1. The van der Waals surface area contributed by atoms with Gasteiger partial charge in [0.2, 0.25) is 0 Å². The summed E-state index contributed by atoms with van der Waals surface area (Å²) in [6.07, 6.45) is 1.15. The molecule has 0 saturated carbocycles. The molecule has 0 radical (unpaired) electrons. The summed E-state index contributed by atoms with van der Waals surface area (Å²) in [6.45, 7) is 2.70. The van der Waals surface area contributed by atoms with Crippen molar-refractivity contribution in [3.05, 3.63) is 35.3 Å². The van der Waals surface area contributed by atoms with Gasteiger partial charge in [-0.1, -0.05) is 0 Å². The van der Waals surface area contributed by atoms with E-state index in [-0.39, 0.29) is 29.4 Å². The lowest BCUT2D eigenvalue weighted by molar-refractivity contribution is -0.146. The quantitative estimate of drug-likeness (QED) is 0.799. The summed E-state index contributed by atoms with van der Waals surface area (Å²) < 4.78 is 23.7. The van der Waals surface area contributed by atoms with Crippen molar-refractivity contribution in [1.29, 1.82) is 0 Å². The molecule has 1 amide bonds. The van der Waals surface area contributed by atoms with Crippen molar-refractivity contribution < 1.29 is 23.1 Å². The number of nitrogens with zero attached hydrogens (tertiary/aromatic N) is 1. The van der Waals surface area contributed by atoms with Crippen LogP contribution in [0.2, 0.25) is 0 Å². The molecule has 2 heterocycles. The number of hydrogen-bond acceptors (Lipinski definition) is 4. The fourth-order valence-electron chi connectivity index (χ4n) is 3.03. The van der Waals surface area contributed by atoms with Crippen LogP contribution in [0, 0.1) is 18.7 Å². The Morgan fingerprint density at radius 2 is 2.00 bits per heavy atom. The Hall–Kier alpha value is -2.37. The Morgan fingerprint density at radius 1 is 1.30 bits per heavy atom. The summed E-state index contributed by atoms with van der Waals surface area (Å²) in [6, 6.07) is 4.20. The molecule has 1 aliphatic rings.